The molecule has 0 saturated heterocycles. The number of halogens is 2. The van der Waals surface area contributed by atoms with Gasteiger partial charge in [-0.25, -0.2) is 0 Å². The Morgan fingerprint density at radius 3 is 2.65 bits per heavy atom. The van der Waals surface area contributed by atoms with Crippen molar-refractivity contribution in [3.8, 4) is 0 Å². The average Bonchev–Trinajstić information content (AvgIpc) is 2.32. The molecule has 0 aliphatic carbocycles. The summed E-state index contributed by atoms with van der Waals surface area (Å²) in [5.41, 5.74) is 0.636. The van der Waals surface area contributed by atoms with E-state index in [0.29, 0.717) is 17.0 Å². The van der Waals surface area contributed by atoms with E-state index in [9.17, 15) is 4.79 Å². The van der Waals surface area contributed by atoms with Crippen LogP contribution in [0.5, 0.6) is 0 Å². The maximum atomic E-state index is 11.9. The van der Waals surface area contributed by atoms with Crippen LogP contribution in [-0.4, -0.2) is 5.78 Å². The van der Waals surface area contributed by atoms with Crippen LogP contribution in [0.2, 0.25) is 5.02 Å². The van der Waals surface area contributed by atoms with Gasteiger partial charge >= 0.3 is 0 Å². The van der Waals surface area contributed by atoms with Crippen LogP contribution in [-0.2, 0) is 0 Å². The van der Waals surface area contributed by atoms with Crippen LogP contribution in [0.4, 0.5) is 0 Å². The van der Waals surface area contributed by atoms with E-state index >= 15 is 0 Å². The highest BCUT2D eigenvalue weighted by molar-refractivity contribution is 9.10. The normalized spacial score (nSPS) is 10.5. The second-order valence-electron chi connectivity index (χ2n) is 4.21. The lowest BCUT2D eigenvalue weighted by molar-refractivity contribution is 0.0979. The molecular formula is C14H18BrClO. The number of Topliss-reactive ketones (excluding diaryl/α,β-unsaturated/α-hetero) is 1. The molecular weight excluding hydrogens is 300 g/mol. The summed E-state index contributed by atoms with van der Waals surface area (Å²) in [4.78, 5) is 11.9. The van der Waals surface area contributed by atoms with E-state index in [0.717, 1.165) is 17.3 Å². The molecule has 0 radical (unpaired) electrons. The van der Waals surface area contributed by atoms with E-state index in [1.165, 1.54) is 19.3 Å². The SMILES string of the molecule is CCCCCCCC(=O)c1cc(Br)ccc1Cl. The fourth-order valence-corrected chi connectivity index (χ4v) is 2.32. The van der Waals surface area contributed by atoms with Gasteiger partial charge in [-0.2, -0.15) is 0 Å². The molecule has 0 heterocycles. The summed E-state index contributed by atoms with van der Waals surface area (Å²) in [6.07, 6.45) is 6.39. The van der Waals surface area contributed by atoms with E-state index in [2.05, 4.69) is 22.9 Å². The molecule has 0 aromatic heterocycles. The first-order chi connectivity index (χ1) is 8.15. The van der Waals surface area contributed by atoms with Gasteiger partial charge in [-0.3, -0.25) is 4.79 Å². The van der Waals surface area contributed by atoms with Gasteiger partial charge in [0.2, 0.25) is 0 Å². The third-order valence-corrected chi connectivity index (χ3v) is 3.56. The molecule has 17 heavy (non-hydrogen) atoms. The Kier molecular flexibility index (Phi) is 6.83. The molecule has 0 saturated carbocycles. The van der Waals surface area contributed by atoms with Gasteiger partial charge in [-0.15, -0.1) is 0 Å². The lowest BCUT2D eigenvalue weighted by Crippen LogP contribution is -2.00. The molecule has 94 valence electrons. The van der Waals surface area contributed by atoms with Crippen molar-refractivity contribution in [2.75, 3.05) is 0 Å². The topological polar surface area (TPSA) is 17.1 Å². The Labute approximate surface area is 117 Å². The van der Waals surface area contributed by atoms with Crippen molar-refractivity contribution in [1.82, 2.24) is 0 Å². The van der Waals surface area contributed by atoms with E-state index < -0.39 is 0 Å². The summed E-state index contributed by atoms with van der Waals surface area (Å²) in [7, 11) is 0. The van der Waals surface area contributed by atoms with E-state index in [1.807, 2.05) is 6.07 Å². The number of rotatable bonds is 7. The maximum absolute atomic E-state index is 11.9. The number of carbonyl (C=O) groups excluding carboxylic acids is 1. The summed E-state index contributed by atoms with van der Waals surface area (Å²) in [5, 5.41) is 0.548. The Balaban J connectivity index is 2.44. The van der Waals surface area contributed by atoms with Crippen LogP contribution in [0.15, 0.2) is 22.7 Å². The van der Waals surface area contributed by atoms with Gasteiger partial charge in [-0.1, -0.05) is 60.1 Å². The molecule has 0 amide bonds. The van der Waals surface area contributed by atoms with Crippen LogP contribution in [0, 0.1) is 0 Å². The standard InChI is InChI=1S/C14H18BrClO/c1-2-3-4-5-6-7-14(17)12-10-11(15)8-9-13(12)16/h8-10H,2-7H2,1H3. The number of ketones is 1. The highest BCUT2D eigenvalue weighted by Gasteiger charge is 2.10. The smallest absolute Gasteiger partial charge is 0.164 e. The third kappa shape index (κ3) is 5.22. The van der Waals surface area contributed by atoms with Crippen molar-refractivity contribution in [2.24, 2.45) is 0 Å². The predicted molar refractivity (Wildman–Crippen MR) is 76.9 cm³/mol. The molecule has 1 aromatic carbocycles. The quantitative estimate of drug-likeness (QED) is 0.469. The average molecular weight is 318 g/mol. The minimum absolute atomic E-state index is 0.146. The van der Waals surface area contributed by atoms with Crippen molar-refractivity contribution in [1.29, 1.82) is 0 Å². The zero-order valence-corrected chi connectivity index (χ0v) is 12.5. The van der Waals surface area contributed by atoms with Crippen LogP contribution < -0.4 is 0 Å². The third-order valence-electron chi connectivity index (χ3n) is 2.74. The number of hydrogen-bond donors (Lipinski definition) is 0. The summed E-state index contributed by atoms with van der Waals surface area (Å²) >= 11 is 9.37. The summed E-state index contributed by atoms with van der Waals surface area (Å²) in [6, 6.07) is 5.41. The highest BCUT2D eigenvalue weighted by Crippen LogP contribution is 2.23. The van der Waals surface area contributed by atoms with Gasteiger partial charge in [0.1, 0.15) is 0 Å². The molecule has 0 N–H and O–H groups in total. The van der Waals surface area contributed by atoms with E-state index in [4.69, 9.17) is 11.6 Å². The molecule has 3 heteroatoms. The number of hydrogen-bond acceptors (Lipinski definition) is 1. The first kappa shape index (κ1) is 14.7. The lowest BCUT2D eigenvalue weighted by atomic mass is 10.0. The van der Waals surface area contributed by atoms with Crippen molar-refractivity contribution in [2.45, 2.75) is 45.4 Å². The fraction of sp³-hybridized carbons (Fsp3) is 0.500. The van der Waals surface area contributed by atoms with Crippen molar-refractivity contribution < 1.29 is 4.79 Å². The Morgan fingerprint density at radius 1 is 1.24 bits per heavy atom. The summed E-state index contributed by atoms with van der Waals surface area (Å²) in [6.45, 7) is 2.19. The molecule has 0 spiro atoms. The minimum atomic E-state index is 0.146. The molecule has 0 bridgehead atoms. The molecule has 0 fully saturated rings. The predicted octanol–water partition coefficient (Wildman–Crippen LogP) is 5.65. The van der Waals surface area contributed by atoms with Crippen molar-refractivity contribution >= 4 is 33.3 Å². The fourth-order valence-electron chi connectivity index (χ4n) is 1.73. The second-order valence-corrected chi connectivity index (χ2v) is 5.53. The zero-order chi connectivity index (χ0) is 12.7. The molecule has 0 aliphatic rings. The number of carbonyl (C=O) groups is 1. The van der Waals surface area contributed by atoms with Crippen molar-refractivity contribution in [3.05, 3.63) is 33.3 Å². The van der Waals surface area contributed by atoms with E-state index in [1.54, 1.807) is 12.1 Å². The second kappa shape index (κ2) is 7.88. The summed E-state index contributed by atoms with van der Waals surface area (Å²) in [5.74, 6) is 0.146. The largest absolute Gasteiger partial charge is 0.294 e. The van der Waals surface area contributed by atoms with Crippen LogP contribution in [0.1, 0.15) is 55.8 Å². The minimum Gasteiger partial charge on any atom is -0.294 e. The monoisotopic (exact) mass is 316 g/mol. The molecule has 0 unspecified atom stereocenters. The lowest BCUT2D eigenvalue weighted by Gasteiger charge is -2.04. The van der Waals surface area contributed by atoms with Gasteiger partial charge in [0.05, 0.1) is 5.02 Å². The Bertz CT molecular complexity index is 376. The first-order valence-corrected chi connectivity index (χ1v) is 7.30. The Morgan fingerprint density at radius 2 is 1.94 bits per heavy atom. The maximum Gasteiger partial charge on any atom is 0.164 e. The number of benzene rings is 1. The zero-order valence-electron chi connectivity index (χ0n) is 10.1. The van der Waals surface area contributed by atoms with Gasteiger partial charge < -0.3 is 0 Å². The molecule has 1 nitrogen and oxygen atoms in total. The van der Waals surface area contributed by atoms with Gasteiger partial charge in [0, 0.05) is 16.5 Å². The first-order valence-electron chi connectivity index (χ1n) is 6.13. The molecule has 0 aliphatic heterocycles. The molecule has 0 atom stereocenters. The molecule has 1 rings (SSSR count). The van der Waals surface area contributed by atoms with E-state index in [-0.39, 0.29) is 5.78 Å². The van der Waals surface area contributed by atoms with Crippen molar-refractivity contribution in [3.63, 3.8) is 0 Å². The van der Waals surface area contributed by atoms with Gasteiger partial charge in [-0.05, 0) is 24.6 Å². The van der Waals surface area contributed by atoms with Gasteiger partial charge in [0.15, 0.2) is 5.78 Å². The number of unbranched alkanes of at least 4 members (excludes halogenated alkanes) is 4. The summed E-state index contributed by atoms with van der Waals surface area (Å²) < 4.78 is 0.899. The van der Waals surface area contributed by atoms with Crippen LogP contribution >= 0.6 is 27.5 Å². The highest BCUT2D eigenvalue weighted by atomic mass is 79.9. The van der Waals surface area contributed by atoms with Crippen LogP contribution in [0.25, 0.3) is 0 Å². The Hall–Kier alpha value is -0.340. The molecule has 1 aromatic rings. The van der Waals surface area contributed by atoms with Crippen LogP contribution in [0.3, 0.4) is 0 Å². The van der Waals surface area contributed by atoms with Gasteiger partial charge in [0.25, 0.3) is 0 Å².